The molecule has 2 aliphatic carbocycles. The molecule has 4 atom stereocenters. The van der Waals surface area contributed by atoms with Gasteiger partial charge in [-0.25, -0.2) is 14.8 Å². The van der Waals surface area contributed by atoms with E-state index < -0.39 is 40.3 Å². The molecule has 4 fully saturated rings. The fourth-order valence-electron chi connectivity index (χ4n) is 9.38. The minimum Gasteiger partial charge on any atom is -0.488 e. The molecule has 51 heavy (non-hydrogen) atoms. The van der Waals surface area contributed by atoms with Crippen molar-refractivity contribution in [3.63, 3.8) is 0 Å². The summed E-state index contributed by atoms with van der Waals surface area (Å²) < 4.78 is 57.8. The Labute approximate surface area is 293 Å². The van der Waals surface area contributed by atoms with Crippen LogP contribution in [-0.2, 0) is 34.7 Å². The fourth-order valence-corrected chi connectivity index (χ4v) is 9.38. The van der Waals surface area contributed by atoms with Gasteiger partial charge in [-0.15, -0.1) is 0 Å². The number of amides is 1. The average molecular weight is 710 g/mol. The van der Waals surface area contributed by atoms with Gasteiger partial charge in [0.25, 0.3) is 5.91 Å². The summed E-state index contributed by atoms with van der Waals surface area (Å²) in [7, 11) is 1.89. The Bertz CT molecular complexity index is 1840. The summed E-state index contributed by atoms with van der Waals surface area (Å²) in [6, 6.07) is 5.65. The van der Waals surface area contributed by atoms with Crippen LogP contribution in [0, 0.1) is 17.8 Å². The second-order valence-corrected chi connectivity index (χ2v) is 15.4. The van der Waals surface area contributed by atoms with E-state index in [1.54, 1.807) is 9.58 Å². The largest absolute Gasteiger partial charge is 0.488 e. The molecule has 2 saturated heterocycles. The number of nitrogens with zero attached hydrogens (tertiary/aromatic N) is 6. The van der Waals surface area contributed by atoms with Crippen molar-refractivity contribution in [3.05, 3.63) is 59.2 Å². The number of alkyl halides is 3. The summed E-state index contributed by atoms with van der Waals surface area (Å²) in [4.78, 5) is 38.5. The van der Waals surface area contributed by atoms with E-state index in [0.29, 0.717) is 56.9 Å². The van der Waals surface area contributed by atoms with Crippen LogP contribution in [-0.4, -0.2) is 86.1 Å². The molecule has 272 valence electrons. The normalized spacial score (nSPS) is 27.3. The van der Waals surface area contributed by atoms with E-state index >= 15 is 0 Å². The zero-order valence-electron chi connectivity index (χ0n) is 28.7. The van der Waals surface area contributed by atoms with Crippen LogP contribution in [0.5, 0.6) is 5.75 Å². The number of aromatic nitrogens is 4. The predicted octanol–water partition coefficient (Wildman–Crippen LogP) is 4.70. The minimum atomic E-state index is -4.99. The van der Waals surface area contributed by atoms with E-state index in [2.05, 4.69) is 25.3 Å². The molecule has 5 aliphatic rings. The first-order valence-corrected chi connectivity index (χ1v) is 17.7. The number of aryl methyl sites for hydroxylation is 1. The van der Waals surface area contributed by atoms with Crippen LogP contribution in [0.3, 0.4) is 0 Å². The Morgan fingerprint density at radius 3 is 2.63 bits per heavy atom. The van der Waals surface area contributed by atoms with Gasteiger partial charge in [0.15, 0.2) is 5.69 Å². The van der Waals surface area contributed by atoms with Crippen LogP contribution in [0.1, 0.15) is 72.6 Å². The van der Waals surface area contributed by atoms with E-state index in [1.807, 2.05) is 44.6 Å². The van der Waals surface area contributed by atoms with Crippen LogP contribution < -0.4 is 15.0 Å². The molecule has 15 heteroatoms. The lowest BCUT2D eigenvalue weighted by Gasteiger charge is -2.39. The van der Waals surface area contributed by atoms with Gasteiger partial charge in [0.2, 0.25) is 5.95 Å². The summed E-state index contributed by atoms with van der Waals surface area (Å²) in [6.45, 7) is 5.70. The monoisotopic (exact) mass is 709 g/mol. The van der Waals surface area contributed by atoms with Crippen LogP contribution in [0.2, 0.25) is 0 Å². The number of likely N-dealkylation sites (tertiary alicyclic amines) is 1. The number of nitrogens with one attached hydrogen (secondary N) is 1. The Kier molecular flexibility index (Phi) is 8.28. The summed E-state index contributed by atoms with van der Waals surface area (Å²) in [5.74, 6) is -1.83. The third-order valence-electron chi connectivity index (χ3n) is 11.7. The van der Waals surface area contributed by atoms with E-state index in [0.717, 1.165) is 43.4 Å². The highest BCUT2D eigenvalue weighted by atomic mass is 19.4. The Morgan fingerprint density at radius 2 is 1.92 bits per heavy atom. The molecule has 1 amide bonds. The van der Waals surface area contributed by atoms with Crippen molar-refractivity contribution < 1.29 is 37.3 Å². The quantitative estimate of drug-likeness (QED) is 0.339. The first-order chi connectivity index (χ1) is 24.3. The number of ether oxygens (including phenoxy) is 2. The highest BCUT2D eigenvalue weighted by Crippen LogP contribution is 2.52. The molecular weight excluding hydrogens is 667 g/mol. The topological polar surface area (TPSA) is 135 Å². The lowest BCUT2D eigenvalue weighted by atomic mass is 9.76. The maximum absolute atomic E-state index is 14.7. The number of hydrogen-bond donors (Lipinski definition) is 2. The Morgan fingerprint density at radius 1 is 1.14 bits per heavy atom. The number of halogens is 3. The molecule has 1 spiro atoms. The van der Waals surface area contributed by atoms with Crippen LogP contribution in [0.15, 0.2) is 36.8 Å². The highest BCUT2D eigenvalue weighted by Gasteiger charge is 2.57. The molecule has 5 heterocycles. The summed E-state index contributed by atoms with van der Waals surface area (Å²) in [5, 5.41) is 17.1. The number of carbonyl (C=O) groups is 2. The van der Waals surface area contributed by atoms with Gasteiger partial charge in [0.1, 0.15) is 17.4 Å². The first-order valence-electron chi connectivity index (χ1n) is 17.7. The van der Waals surface area contributed by atoms with E-state index in [1.165, 1.54) is 0 Å². The van der Waals surface area contributed by atoms with Gasteiger partial charge in [0.05, 0.1) is 11.8 Å². The molecule has 8 rings (SSSR count). The van der Waals surface area contributed by atoms with Gasteiger partial charge in [-0.3, -0.25) is 14.4 Å². The lowest BCUT2D eigenvalue weighted by molar-refractivity contribution is -0.146. The van der Waals surface area contributed by atoms with Crippen molar-refractivity contribution in [3.8, 4) is 5.75 Å². The second-order valence-electron chi connectivity index (χ2n) is 15.4. The van der Waals surface area contributed by atoms with Crippen LogP contribution in [0.4, 0.5) is 24.8 Å². The number of anilines is 2. The molecule has 1 aromatic carbocycles. The molecule has 4 unspecified atom stereocenters. The smallest absolute Gasteiger partial charge is 0.434 e. The first kappa shape index (κ1) is 33.9. The Balaban J connectivity index is 1.05. The molecular formula is C36H42F3N7O5. The Hall–Kier alpha value is -4.24. The SMILES string of the molecule is CC1CC2CC(C1)C(NC(=O)c1cnc(N3CC4(CCOCC4)c4cc(OC5CN(Cc6cnn(C)c6)C5)ccc43)nc1C(F)(F)F)(C(=O)O)C2. The van der Waals surface area contributed by atoms with Crippen molar-refractivity contribution in [1.29, 1.82) is 0 Å². The summed E-state index contributed by atoms with van der Waals surface area (Å²) in [6.07, 6.45) is 3.30. The maximum Gasteiger partial charge on any atom is 0.434 e. The number of carbonyl (C=O) groups excluding carboxylic acids is 1. The van der Waals surface area contributed by atoms with Crippen molar-refractivity contribution in [2.24, 2.45) is 24.8 Å². The molecule has 2 saturated carbocycles. The molecule has 3 aromatic rings. The fraction of sp³-hybridized carbons (Fsp3) is 0.583. The second kappa shape index (κ2) is 12.5. The standard InChI is InChI=1S/C36H42F3N7O5/c1-21-9-22-11-24(10-21)35(13-22,32(48)49)43-31(47)27-15-40-33(42-30(27)36(37,38)39)46-20-34(5-7-50-8-6-34)28-12-25(3-4-29(28)46)51-26-18-45(19-26)17-23-14-41-44(2)16-23/h3-4,12,14-16,21-22,24,26H,5-11,13,17-20H2,1-2H3,(H,43,47)(H,48,49). The molecule has 12 nitrogen and oxygen atoms in total. The number of hydrogen-bond acceptors (Lipinski definition) is 9. The van der Waals surface area contributed by atoms with Crippen LogP contribution >= 0.6 is 0 Å². The number of rotatable bonds is 8. The zero-order valence-corrected chi connectivity index (χ0v) is 28.7. The summed E-state index contributed by atoms with van der Waals surface area (Å²) in [5.41, 5.74) is -1.47. The van der Waals surface area contributed by atoms with Gasteiger partial charge >= 0.3 is 12.1 Å². The number of carboxylic acids is 1. The van der Waals surface area contributed by atoms with E-state index in [-0.39, 0.29) is 36.2 Å². The van der Waals surface area contributed by atoms with Gasteiger partial charge in [-0.2, -0.15) is 18.3 Å². The number of fused-ring (bicyclic) bond motifs is 4. The molecule has 2 N–H and O–H groups in total. The molecule has 2 aromatic heterocycles. The van der Waals surface area contributed by atoms with Gasteiger partial charge < -0.3 is 24.8 Å². The highest BCUT2D eigenvalue weighted by molar-refractivity contribution is 5.99. The van der Waals surface area contributed by atoms with Crippen molar-refractivity contribution in [2.45, 2.75) is 75.2 Å². The predicted molar refractivity (Wildman–Crippen MR) is 178 cm³/mol. The van der Waals surface area contributed by atoms with E-state index in [9.17, 15) is 27.9 Å². The summed E-state index contributed by atoms with van der Waals surface area (Å²) >= 11 is 0. The lowest BCUT2D eigenvalue weighted by Crippen LogP contribution is -2.57. The van der Waals surface area contributed by atoms with Gasteiger partial charge in [-0.05, 0) is 80.0 Å². The molecule has 2 bridgehead atoms. The average Bonchev–Trinajstić information content (AvgIpc) is 3.70. The number of aliphatic carboxylic acids is 1. The van der Waals surface area contributed by atoms with E-state index in [4.69, 9.17) is 9.47 Å². The van der Waals surface area contributed by atoms with Gasteiger partial charge in [-0.1, -0.05) is 6.92 Å². The minimum absolute atomic E-state index is 0.00619. The third-order valence-corrected chi connectivity index (χ3v) is 11.7. The van der Waals surface area contributed by atoms with Crippen molar-refractivity contribution in [2.75, 3.05) is 37.7 Å². The third kappa shape index (κ3) is 6.11. The molecule has 3 aliphatic heterocycles. The number of carboxylic acid groups (broad SMARTS) is 1. The molecule has 0 radical (unpaired) electrons. The van der Waals surface area contributed by atoms with Crippen molar-refractivity contribution in [1.82, 2.24) is 30.0 Å². The number of benzene rings is 1. The maximum atomic E-state index is 14.7. The van der Waals surface area contributed by atoms with Crippen LogP contribution in [0.25, 0.3) is 0 Å². The van der Waals surface area contributed by atoms with Crippen molar-refractivity contribution >= 4 is 23.5 Å². The zero-order chi connectivity index (χ0) is 35.7. The van der Waals surface area contributed by atoms with Gasteiger partial charge in [0, 0.05) is 75.5 Å².